The van der Waals surface area contributed by atoms with Gasteiger partial charge in [-0.15, -0.1) is 0 Å². The summed E-state index contributed by atoms with van der Waals surface area (Å²) in [6.45, 7) is 2.43. The molecule has 0 aliphatic rings. The van der Waals surface area contributed by atoms with E-state index in [4.69, 9.17) is 0 Å². The van der Waals surface area contributed by atoms with E-state index >= 15 is 0 Å². The zero-order chi connectivity index (χ0) is 17.3. The highest BCUT2D eigenvalue weighted by atomic mass is 32.2. The van der Waals surface area contributed by atoms with E-state index in [2.05, 4.69) is 5.32 Å². The van der Waals surface area contributed by atoms with Crippen molar-refractivity contribution >= 4 is 25.4 Å². The molecule has 0 aliphatic carbocycles. The summed E-state index contributed by atoms with van der Waals surface area (Å²) < 4.78 is 47.1. The van der Waals surface area contributed by atoms with Gasteiger partial charge in [0.25, 0.3) is 0 Å². The molecule has 0 fully saturated rings. The van der Waals surface area contributed by atoms with Crippen LogP contribution in [0.5, 0.6) is 0 Å². The third-order valence-corrected chi connectivity index (χ3v) is 5.63. The van der Waals surface area contributed by atoms with Crippen LogP contribution in [0.1, 0.15) is 11.1 Å². The quantitative estimate of drug-likeness (QED) is 0.893. The summed E-state index contributed by atoms with van der Waals surface area (Å²) in [7, 11) is -7.02. The summed E-state index contributed by atoms with van der Waals surface area (Å²) >= 11 is 0. The molecule has 0 aliphatic heterocycles. The van der Waals surface area contributed by atoms with E-state index in [9.17, 15) is 16.8 Å². The molecule has 23 heavy (non-hydrogen) atoms. The van der Waals surface area contributed by atoms with Crippen LogP contribution in [-0.4, -0.2) is 29.3 Å². The van der Waals surface area contributed by atoms with E-state index in [1.165, 1.54) is 18.2 Å². The molecule has 0 spiro atoms. The van der Waals surface area contributed by atoms with Gasteiger partial charge in [-0.3, -0.25) is 0 Å². The Morgan fingerprint density at radius 3 is 2.00 bits per heavy atom. The lowest BCUT2D eigenvalue weighted by molar-refractivity contribution is 0.600. The molecule has 0 unspecified atom stereocenters. The molecule has 0 radical (unpaired) electrons. The number of aryl methyl sites for hydroxylation is 1. The minimum Gasteiger partial charge on any atom is -0.380 e. The molecule has 2 aromatic rings. The van der Waals surface area contributed by atoms with Crippen LogP contribution >= 0.6 is 0 Å². The number of anilines is 1. The Hall–Kier alpha value is -1.86. The first-order valence-electron chi connectivity index (χ1n) is 6.91. The Labute approximate surface area is 137 Å². The first-order valence-corrected chi connectivity index (χ1v) is 10.7. The van der Waals surface area contributed by atoms with Crippen molar-refractivity contribution in [2.24, 2.45) is 0 Å². The highest BCUT2D eigenvalue weighted by Gasteiger charge is 2.17. The molecule has 5 nitrogen and oxygen atoms in total. The van der Waals surface area contributed by atoms with E-state index in [1.807, 2.05) is 31.2 Å². The van der Waals surface area contributed by atoms with Crippen LogP contribution in [0, 0.1) is 6.92 Å². The standard InChI is InChI=1S/C16H19NO4S2/c1-12-4-6-13(7-5-12)11-17-15-9-8-14(22(2,18)19)10-16(15)23(3,20)21/h4-10,17H,11H2,1-3H3. The minimum absolute atomic E-state index is 0.0150. The minimum atomic E-state index is -3.55. The van der Waals surface area contributed by atoms with Crippen LogP contribution in [-0.2, 0) is 26.2 Å². The summed E-state index contributed by atoms with van der Waals surface area (Å²) in [6, 6.07) is 11.9. The predicted molar refractivity (Wildman–Crippen MR) is 91.2 cm³/mol. The number of nitrogens with one attached hydrogen (secondary N) is 1. The van der Waals surface area contributed by atoms with Crippen molar-refractivity contribution in [2.75, 3.05) is 17.8 Å². The van der Waals surface area contributed by atoms with Gasteiger partial charge in [0.1, 0.15) is 0 Å². The van der Waals surface area contributed by atoms with Crippen molar-refractivity contribution in [3.05, 3.63) is 53.6 Å². The number of hydrogen-bond acceptors (Lipinski definition) is 5. The third kappa shape index (κ3) is 4.56. The molecule has 0 atom stereocenters. The van der Waals surface area contributed by atoms with E-state index in [0.717, 1.165) is 23.6 Å². The Kier molecular flexibility index (Phi) is 4.81. The highest BCUT2D eigenvalue weighted by Crippen LogP contribution is 2.25. The zero-order valence-electron chi connectivity index (χ0n) is 13.2. The molecule has 0 bridgehead atoms. The van der Waals surface area contributed by atoms with E-state index in [1.54, 1.807) is 0 Å². The molecule has 0 saturated heterocycles. The van der Waals surface area contributed by atoms with Gasteiger partial charge in [-0.25, -0.2) is 16.8 Å². The topological polar surface area (TPSA) is 80.3 Å². The lowest BCUT2D eigenvalue weighted by Gasteiger charge is -2.12. The summed E-state index contributed by atoms with van der Waals surface area (Å²) in [6.07, 6.45) is 2.11. The van der Waals surface area contributed by atoms with Crippen LogP contribution in [0.25, 0.3) is 0 Å². The fraction of sp³-hybridized carbons (Fsp3) is 0.250. The van der Waals surface area contributed by atoms with Gasteiger partial charge in [0.15, 0.2) is 19.7 Å². The average Bonchev–Trinajstić information content (AvgIpc) is 2.44. The van der Waals surface area contributed by atoms with Crippen molar-refractivity contribution in [1.29, 1.82) is 0 Å². The molecule has 0 heterocycles. The monoisotopic (exact) mass is 353 g/mol. The van der Waals surface area contributed by atoms with Gasteiger partial charge in [-0.2, -0.15) is 0 Å². The fourth-order valence-corrected chi connectivity index (χ4v) is 3.69. The van der Waals surface area contributed by atoms with Crippen LogP contribution in [0.3, 0.4) is 0 Å². The second-order valence-electron chi connectivity index (χ2n) is 5.54. The summed E-state index contributed by atoms with van der Waals surface area (Å²) in [4.78, 5) is -0.0358. The second kappa shape index (κ2) is 6.33. The molecule has 0 aromatic heterocycles. The number of sulfone groups is 2. The van der Waals surface area contributed by atoms with E-state index in [-0.39, 0.29) is 9.79 Å². The van der Waals surface area contributed by atoms with Gasteiger partial charge in [-0.1, -0.05) is 29.8 Å². The first-order chi connectivity index (χ1) is 10.6. The lowest BCUT2D eigenvalue weighted by Crippen LogP contribution is -2.08. The SMILES string of the molecule is Cc1ccc(CNc2ccc(S(C)(=O)=O)cc2S(C)(=O)=O)cc1. The predicted octanol–water partition coefficient (Wildman–Crippen LogP) is 2.41. The zero-order valence-corrected chi connectivity index (χ0v) is 14.8. The molecule has 0 amide bonds. The maximum absolute atomic E-state index is 12.0. The van der Waals surface area contributed by atoms with Crippen molar-refractivity contribution in [2.45, 2.75) is 23.3 Å². The van der Waals surface area contributed by atoms with Crippen molar-refractivity contribution in [1.82, 2.24) is 0 Å². The van der Waals surface area contributed by atoms with Crippen molar-refractivity contribution < 1.29 is 16.8 Å². The second-order valence-corrected chi connectivity index (χ2v) is 9.54. The Balaban J connectivity index is 2.36. The highest BCUT2D eigenvalue weighted by molar-refractivity contribution is 7.91. The number of rotatable bonds is 5. The Bertz CT molecular complexity index is 915. The lowest BCUT2D eigenvalue weighted by atomic mass is 10.1. The van der Waals surface area contributed by atoms with E-state index in [0.29, 0.717) is 12.2 Å². The molecule has 2 aromatic carbocycles. The van der Waals surface area contributed by atoms with Gasteiger partial charge < -0.3 is 5.32 Å². The Morgan fingerprint density at radius 2 is 1.48 bits per heavy atom. The van der Waals surface area contributed by atoms with Crippen LogP contribution < -0.4 is 5.32 Å². The maximum Gasteiger partial charge on any atom is 0.177 e. The molecule has 124 valence electrons. The van der Waals surface area contributed by atoms with Crippen molar-refractivity contribution in [3.63, 3.8) is 0 Å². The summed E-state index contributed by atoms with van der Waals surface area (Å²) in [5, 5.41) is 3.06. The van der Waals surface area contributed by atoms with Gasteiger partial charge in [0.05, 0.1) is 15.5 Å². The largest absolute Gasteiger partial charge is 0.380 e. The molecular formula is C16H19NO4S2. The fourth-order valence-electron chi connectivity index (χ4n) is 2.09. The van der Waals surface area contributed by atoms with E-state index < -0.39 is 19.7 Å². The molecule has 1 N–H and O–H groups in total. The number of hydrogen-bond donors (Lipinski definition) is 1. The van der Waals surface area contributed by atoms with Gasteiger partial charge in [-0.05, 0) is 30.7 Å². The normalized spacial score (nSPS) is 12.1. The van der Waals surface area contributed by atoms with Crippen LogP contribution in [0.2, 0.25) is 0 Å². The first kappa shape index (κ1) is 17.5. The van der Waals surface area contributed by atoms with Crippen LogP contribution in [0.4, 0.5) is 5.69 Å². The smallest absolute Gasteiger partial charge is 0.177 e. The molecular weight excluding hydrogens is 334 g/mol. The summed E-state index contributed by atoms with van der Waals surface area (Å²) in [5.41, 5.74) is 2.53. The third-order valence-electron chi connectivity index (χ3n) is 3.38. The number of benzene rings is 2. The van der Waals surface area contributed by atoms with Crippen LogP contribution in [0.15, 0.2) is 52.3 Å². The van der Waals surface area contributed by atoms with Gasteiger partial charge >= 0.3 is 0 Å². The van der Waals surface area contributed by atoms with Gasteiger partial charge in [0, 0.05) is 19.1 Å². The molecule has 7 heteroatoms. The maximum atomic E-state index is 12.0. The van der Waals surface area contributed by atoms with Crippen molar-refractivity contribution in [3.8, 4) is 0 Å². The summed E-state index contributed by atoms with van der Waals surface area (Å²) in [5.74, 6) is 0. The Morgan fingerprint density at radius 1 is 0.870 bits per heavy atom. The van der Waals surface area contributed by atoms with Gasteiger partial charge in [0.2, 0.25) is 0 Å². The molecule has 2 rings (SSSR count). The molecule has 0 saturated carbocycles. The average molecular weight is 353 g/mol.